The van der Waals surface area contributed by atoms with Crippen LogP contribution in [0.15, 0.2) is 47.4 Å². The number of aromatic nitrogens is 2. The number of carbonyl (C=O) groups excluding carboxylic acids is 1. The quantitative estimate of drug-likeness (QED) is 0.526. The lowest BCUT2D eigenvalue weighted by molar-refractivity contribution is -0.123. The van der Waals surface area contributed by atoms with E-state index in [0.717, 1.165) is 24.8 Å². The molecular formula is C24H30FN5O3S. The Bertz CT molecular complexity index is 1300. The van der Waals surface area contributed by atoms with Crippen molar-refractivity contribution in [3.05, 3.63) is 59.7 Å². The molecule has 2 N–H and O–H groups in total. The van der Waals surface area contributed by atoms with Crippen LogP contribution < -0.4 is 5.73 Å². The summed E-state index contributed by atoms with van der Waals surface area (Å²) in [5.74, 6) is -0.377. The summed E-state index contributed by atoms with van der Waals surface area (Å²) in [5.41, 5.74) is 7.50. The zero-order valence-corrected chi connectivity index (χ0v) is 20.3. The molecule has 0 spiro atoms. The number of aryl methyl sites for hydroxylation is 1. The van der Waals surface area contributed by atoms with E-state index in [1.165, 1.54) is 12.1 Å². The molecule has 2 aromatic carbocycles. The Morgan fingerprint density at radius 2 is 1.91 bits per heavy atom. The number of primary amides is 1. The van der Waals surface area contributed by atoms with Crippen molar-refractivity contribution in [1.82, 2.24) is 18.8 Å². The number of halogens is 1. The number of benzene rings is 2. The SMILES string of the molecule is CCn1c(CN(C)C(C(N)=O)c2cccc(F)c2)nc2cc(S(=O)(=O)N3CCCCC3)ccc21. The van der Waals surface area contributed by atoms with Gasteiger partial charge in [-0.25, -0.2) is 17.8 Å². The molecule has 1 atom stereocenters. The van der Waals surface area contributed by atoms with Gasteiger partial charge in [0, 0.05) is 19.6 Å². The summed E-state index contributed by atoms with van der Waals surface area (Å²) in [7, 11) is -1.85. The molecule has 8 nitrogen and oxygen atoms in total. The molecule has 1 aliphatic heterocycles. The first-order valence-electron chi connectivity index (χ1n) is 11.5. The van der Waals surface area contributed by atoms with Crippen molar-refractivity contribution in [1.29, 1.82) is 0 Å². The van der Waals surface area contributed by atoms with E-state index < -0.39 is 27.8 Å². The third-order valence-corrected chi connectivity index (χ3v) is 8.23. The van der Waals surface area contributed by atoms with Crippen LogP contribution >= 0.6 is 0 Å². The van der Waals surface area contributed by atoms with E-state index >= 15 is 0 Å². The number of hydrogen-bond acceptors (Lipinski definition) is 5. The summed E-state index contributed by atoms with van der Waals surface area (Å²) >= 11 is 0. The van der Waals surface area contributed by atoms with Crippen molar-refractivity contribution >= 4 is 27.0 Å². The molecular weight excluding hydrogens is 457 g/mol. The number of likely N-dealkylation sites (N-methyl/N-ethyl adjacent to an activating group) is 1. The Kier molecular flexibility index (Phi) is 7.01. The molecule has 1 saturated heterocycles. The Labute approximate surface area is 199 Å². The monoisotopic (exact) mass is 487 g/mol. The lowest BCUT2D eigenvalue weighted by atomic mass is 10.0. The summed E-state index contributed by atoms with van der Waals surface area (Å²) in [6.07, 6.45) is 2.79. The maximum atomic E-state index is 13.8. The smallest absolute Gasteiger partial charge is 0.243 e. The Balaban J connectivity index is 1.66. The van der Waals surface area contributed by atoms with Crippen molar-refractivity contribution in [3.8, 4) is 0 Å². The van der Waals surface area contributed by atoms with Crippen LogP contribution in [0.25, 0.3) is 11.0 Å². The van der Waals surface area contributed by atoms with E-state index in [-0.39, 0.29) is 11.4 Å². The molecule has 10 heteroatoms. The number of nitrogens with two attached hydrogens (primary N) is 1. The number of piperidine rings is 1. The lowest BCUT2D eigenvalue weighted by Crippen LogP contribution is -2.35. The number of rotatable bonds is 8. The van der Waals surface area contributed by atoms with Gasteiger partial charge in [-0.15, -0.1) is 0 Å². The lowest BCUT2D eigenvalue weighted by Gasteiger charge is -2.26. The molecule has 182 valence electrons. The number of carbonyl (C=O) groups is 1. The zero-order chi connectivity index (χ0) is 24.5. The van der Waals surface area contributed by atoms with Crippen LogP contribution in [0.2, 0.25) is 0 Å². The normalized spacial score (nSPS) is 16.2. The molecule has 4 rings (SSSR count). The van der Waals surface area contributed by atoms with Crippen LogP contribution in [0, 0.1) is 5.82 Å². The van der Waals surface area contributed by atoms with Crippen LogP contribution in [-0.4, -0.2) is 53.2 Å². The average molecular weight is 488 g/mol. The number of hydrogen-bond donors (Lipinski definition) is 1. The standard InChI is InChI=1S/C24H30FN5O3S/c1-3-30-21-11-10-19(34(32,33)29-12-5-4-6-13-29)15-20(21)27-22(30)16-28(2)23(24(26)31)17-8-7-9-18(25)14-17/h7-11,14-15,23H,3-6,12-13,16H2,1-2H3,(H2,26,31). The maximum absolute atomic E-state index is 13.8. The van der Waals surface area contributed by atoms with E-state index in [2.05, 4.69) is 0 Å². The Morgan fingerprint density at radius 3 is 2.56 bits per heavy atom. The minimum Gasteiger partial charge on any atom is -0.368 e. The molecule has 1 fully saturated rings. The van der Waals surface area contributed by atoms with Gasteiger partial charge in [0.2, 0.25) is 15.9 Å². The van der Waals surface area contributed by atoms with Crippen LogP contribution in [-0.2, 0) is 27.9 Å². The van der Waals surface area contributed by atoms with Gasteiger partial charge in [0.05, 0.1) is 22.5 Å². The second kappa shape index (κ2) is 9.81. The summed E-state index contributed by atoms with van der Waals surface area (Å²) in [6.45, 7) is 3.92. The van der Waals surface area contributed by atoms with Gasteiger partial charge >= 0.3 is 0 Å². The minimum atomic E-state index is -3.57. The minimum absolute atomic E-state index is 0.234. The third-order valence-electron chi connectivity index (χ3n) is 6.33. The van der Waals surface area contributed by atoms with Crippen molar-refractivity contribution in [2.24, 2.45) is 5.73 Å². The number of nitrogens with zero attached hydrogens (tertiary/aromatic N) is 4. The molecule has 0 saturated carbocycles. The zero-order valence-electron chi connectivity index (χ0n) is 19.4. The number of amides is 1. The molecule has 1 aliphatic rings. The fraction of sp³-hybridized carbons (Fsp3) is 0.417. The van der Waals surface area contributed by atoms with E-state index in [9.17, 15) is 17.6 Å². The summed E-state index contributed by atoms with van der Waals surface area (Å²) < 4.78 is 43.5. The van der Waals surface area contributed by atoms with Crippen LogP contribution in [0.5, 0.6) is 0 Å². The van der Waals surface area contributed by atoms with Gasteiger partial charge in [0.15, 0.2) is 0 Å². The highest BCUT2D eigenvalue weighted by molar-refractivity contribution is 7.89. The predicted molar refractivity (Wildman–Crippen MR) is 128 cm³/mol. The van der Waals surface area contributed by atoms with Gasteiger partial charge in [0.1, 0.15) is 17.7 Å². The van der Waals surface area contributed by atoms with Crippen LogP contribution in [0.3, 0.4) is 0 Å². The third kappa shape index (κ3) is 4.70. The molecule has 1 aromatic heterocycles. The average Bonchev–Trinajstić information content (AvgIpc) is 3.15. The van der Waals surface area contributed by atoms with E-state index in [0.29, 0.717) is 36.5 Å². The van der Waals surface area contributed by atoms with E-state index in [4.69, 9.17) is 10.7 Å². The van der Waals surface area contributed by atoms with Gasteiger partial charge in [-0.1, -0.05) is 18.6 Å². The first-order valence-corrected chi connectivity index (χ1v) is 12.9. The highest BCUT2D eigenvalue weighted by atomic mass is 32.2. The molecule has 34 heavy (non-hydrogen) atoms. The van der Waals surface area contributed by atoms with Crippen molar-refractivity contribution < 1.29 is 17.6 Å². The number of imidazole rings is 1. The topological polar surface area (TPSA) is 102 Å². The summed E-state index contributed by atoms with van der Waals surface area (Å²) in [4.78, 5) is 18.9. The second-order valence-electron chi connectivity index (χ2n) is 8.66. The molecule has 0 aliphatic carbocycles. The van der Waals surface area contributed by atoms with Gasteiger partial charge in [0.25, 0.3) is 0 Å². The van der Waals surface area contributed by atoms with E-state index in [1.54, 1.807) is 46.6 Å². The predicted octanol–water partition coefficient (Wildman–Crippen LogP) is 3.03. The maximum Gasteiger partial charge on any atom is 0.243 e. The van der Waals surface area contributed by atoms with Crippen LogP contribution in [0.4, 0.5) is 4.39 Å². The molecule has 1 amide bonds. The molecule has 3 aromatic rings. The summed E-state index contributed by atoms with van der Waals surface area (Å²) in [6, 6.07) is 10.0. The van der Waals surface area contributed by atoms with Crippen molar-refractivity contribution in [2.75, 3.05) is 20.1 Å². The molecule has 2 heterocycles. The van der Waals surface area contributed by atoms with E-state index in [1.807, 2.05) is 11.5 Å². The highest BCUT2D eigenvalue weighted by Crippen LogP contribution is 2.27. The van der Waals surface area contributed by atoms with Gasteiger partial charge in [-0.2, -0.15) is 4.31 Å². The largest absolute Gasteiger partial charge is 0.368 e. The molecule has 0 bridgehead atoms. The van der Waals surface area contributed by atoms with Gasteiger partial charge < -0.3 is 10.3 Å². The van der Waals surface area contributed by atoms with Gasteiger partial charge in [-0.05, 0) is 62.7 Å². The van der Waals surface area contributed by atoms with Crippen molar-refractivity contribution in [2.45, 2.75) is 50.2 Å². The Morgan fingerprint density at radius 1 is 1.18 bits per heavy atom. The Hall–Kier alpha value is -2.82. The number of fused-ring (bicyclic) bond motifs is 1. The fourth-order valence-electron chi connectivity index (χ4n) is 4.67. The molecule has 0 radical (unpaired) electrons. The first kappa shape index (κ1) is 24.3. The second-order valence-corrected chi connectivity index (χ2v) is 10.6. The molecule has 1 unspecified atom stereocenters. The first-order chi connectivity index (χ1) is 16.2. The summed E-state index contributed by atoms with van der Waals surface area (Å²) in [5, 5.41) is 0. The number of sulfonamides is 1. The fourth-order valence-corrected chi connectivity index (χ4v) is 6.21. The van der Waals surface area contributed by atoms with Crippen LogP contribution in [0.1, 0.15) is 43.6 Å². The van der Waals surface area contributed by atoms with Crippen molar-refractivity contribution in [3.63, 3.8) is 0 Å². The van der Waals surface area contributed by atoms with Gasteiger partial charge in [-0.3, -0.25) is 9.69 Å². The highest BCUT2D eigenvalue weighted by Gasteiger charge is 2.28.